The van der Waals surface area contributed by atoms with Crippen LogP contribution < -0.4 is 0 Å². The third-order valence-corrected chi connectivity index (χ3v) is 5.88. The van der Waals surface area contributed by atoms with Gasteiger partial charge in [0.05, 0.1) is 12.7 Å². The van der Waals surface area contributed by atoms with E-state index in [1.807, 2.05) is 6.92 Å². The van der Waals surface area contributed by atoms with Crippen LogP contribution in [0, 0.1) is 0 Å². The Labute approximate surface area is 198 Å². The first-order chi connectivity index (χ1) is 15.6. The van der Waals surface area contributed by atoms with E-state index in [-0.39, 0.29) is 6.10 Å². The van der Waals surface area contributed by atoms with E-state index < -0.39 is 11.9 Å². The molecule has 0 N–H and O–H groups in total. The van der Waals surface area contributed by atoms with Crippen molar-refractivity contribution >= 4 is 11.9 Å². The van der Waals surface area contributed by atoms with Gasteiger partial charge in [-0.05, 0) is 26.2 Å². The minimum absolute atomic E-state index is 0.115. The predicted molar refractivity (Wildman–Crippen MR) is 135 cm³/mol. The molecule has 0 rings (SSSR count). The number of carbonyl (C=O) groups is 2. The molecule has 0 aromatic heterocycles. The first-order valence-electron chi connectivity index (χ1n) is 13.7. The summed E-state index contributed by atoms with van der Waals surface area (Å²) >= 11 is 0. The molecule has 0 amide bonds. The van der Waals surface area contributed by atoms with E-state index in [1.54, 1.807) is 0 Å². The molecular formula is C28H52O4. The quantitative estimate of drug-likeness (QED) is 0.0886. The minimum Gasteiger partial charge on any atom is -0.463 e. The molecule has 0 bridgehead atoms. The van der Waals surface area contributed by atoms with Crippen molar-refractivity contribution in [2.45, 2.75) is 149 Å². The lowest BCUT2D eigenvalue weighted by atomic mass is 10.1. The minimum atomic E-state index is -0.467. The van der Waals surface area contributed by atoms with Crippen molar-refractivity contribution in [2.24, 2.45) is 0 Å². The topological polar surface area (TPSA) is 52.6 Å². The Morgan fingerprint density at radius 3 is 1.50 bits per heavy atom. The largest absolute Gasteiger partial charge is 0.463 e. The summed E-state index contributed by atoms with van der Waals surface area (Å²) in [6, 6.07) is 0. The number of hydrogen-bond acceptors (Lipinski definition) is 4. The Morgan fingerprint density at radius 2 is 1.00 bits per heavy atom. The van der Waals surface area contributed by atoms with Crippen LogP contribution in [0.25, 0.3) is 0 Å². The highest BCUT2D eigenvalue weighted by Crippen LogP contribution is 2.12. The van der Waals surface area contributed by atoms with Gasteiger partial charge in [-0.25, -0.2) is 9.59 Å². The molecule has 1 atom stereocenters. The van der Waals surface area contributed by atoms with Gasteiger partial charge in [0.1, 0.15) is 0 Å². The number of rotatable bonds is 23. The van der Waals surface area contributed by atoms with Crippen molar-refractivity contribution in [3.8, 4) is 0 Å². The first kappa shape index (κ1) is 30.7. The molecular weight excluding hydrogens is 400 g/mol. The highest BCUT2D eigenvalue weighted by molar-refractivity contribution is 5.91. The number of carbonyl (C=O) groups excluding carboxylic acids is 2. The maximum atomic E-state index is 11.8. The third kappa shape index (κ3) is 23.3. The average molecular weight is 453 g/mol. The molecule has 0 aromatic carbocycles. The van der Waals surface area contributed by atoms with E-state index in [2.05, 4.69) is 13.8 Å². The number of hydrogen-bond donors (Lipinski definition) is 0. The highest BCUT2D eigenvalue weighted by Gasteiger charge is 2.07. The van der Waals surface area contributed by atoms with E-state index >= 15 is 0 Å². The van der Waals surface area contributed by atoms with Crippen LogP contribution in [0.2, 0.25) is 0 Å². The van der Waals surface area contributed by atoms with Crippen LogP contribution in [0.4, 0.5) is 0 Å². The lowest BCUT2D eigenvalue weighted by Crippen LogP contribution is -2.13. The van der Waals surface area contributed by atoms with Crippen molar-refractivity contribution in [3.05, 3.63) is 12.2 Å². The van der Waals surface area contributed by atoms with Gasteiger partial charge in [-0.3, -0.25) is 0 Å². The van der Waals surface area contributed by atoms with Gasteiger partial charge in [0.25, 0.3) is 0 Å². The SMILES string of the molecule is CCCCCCCCCCCCCCOC(=O)/C=C/C(=O)OC(C)CCCCCCCC. The second-order valence-electron chi connectivity index (χ2n) is 9.19. The van der Waals surface area contributed by atoms with Crippen LogP contribution in [-0.4, -0.2) is 24.6 Å². The number of unbranched alkanes of at least 4 members (excludes halogenated alkanes) is 16. The van der Waals surface area contributed by atoms with Crippen LogP contribution in [0.3, 0.4) is 0 Å². The van der Waals surface area contributed by atoms with Gasteiger partial charge in [-0.2, -0.15) is 0 Å². The second kappa shape index (κ2) is 24.3. The molecule has 0 spiro atoms. The summed E-state index contributed by atoms with van der Waals surface area (Å²) < 4.78 is 10.5. The molecule has 0 heterocycles. The molecule has 0 saturated carbocycles. The van der Waals surface area contributed by atoms with E-state index in [4.69, 9.17) is 9.47 Å². The van der Waals surface area contributed by atoms with Gasteiger partial charge in [0.2, 0.25) is 0 Å². The molecule has 1 unspecified atom stereocenters. The van der Waals surface area contributed by atoms with E-state index in [0.29, 0.717) is 6.61 Å². The van der Waals surface area contributed by atoms with Crippen molar-refractivity contribution < 1.29 is 19.1 Å². The van der Waals surface area contributed by atoms with E-state index in [9.17, 15) is 9.59 Å². The highest BCUT2D eigenvalue weighted by atomic mass is 16.5. The smallest absolute Gasteiger partial charge is 0.331 e. The summed E-state index contributed by atoms with van der Waals surface area (Å²) in [5, 5.41) is 0. The number of esters is 2. The molecule has 4 heteroatoms. The van der Waals surface area contributed by atoms with Crippen molar-refractivity contribution in [1.82, 2.24) is 0 Å². The molecule has 0 aliphatic rings. The molecule has 188 valence electrons. The summed E-state index contributed by atoms with van der Waals surface area (Å²) in [6.45, 7) is 6.80. The standard InChI is InChI=1S/C28H52O4/c1-4-6-8-10-12-13-14-15-16-17-19-21-25-31-27(29)23-24-28(30)32-26(3)22-20-18-11-9-7-5-2/h23-24,26H,4-22,25H2,1-3H3/b24-23+. The Hall–Kier alpha value is -1.32. The Bertz CT molecular complexity index is 458. The third-order valence-electron chi connectivity index (χ3n) is 5.88. The summed E-state index contributed by atoms with van der Waals surface area (Å²) in [6.07, 6.45) is 25.8. The summed E-state index contributed by atoms with van der Waals surface area (Å²) in [7, 11) is 0. The summed E-state index contributed by atoms with van der Waals surface area (Å²) in [5.74, 6) is -0.931. The molecule has 0 aliphatic carbocycles. The molecule has 0 aliphatic heterocycles. The maximum absolute atomic E-state index is 11.8. The lowest BCUT2D eigenvalue weighted by molar-refractivity contribution is -0.143. The van der Waals surface area contributed by atoms with E-state index in [1.165, 1.54) is 108 Å². The number of ether oxygens (including phenoxy) is 2. The van der Waals surface area contributed by atoms with Crippen molar-refractivity contribution in [3.63, 3.8) is 0 Å². The molecule has 0 radical (unpaired) electrons. The zero-order valence-corrected chi connectivity index (χ0v) is 21.5. The van der Waals surface area contributed by atoms with Crippen molar-refractivity contribution in [1.29, 1.82) is 0 Å². The maximum Gasteiger partial charge on any atom is 0.331 e. The van der Waals surface area contributed by atoms with Gasteiger partial charge < -0.3 is 9.47 Å². The van der Waals surface area contributed by atoms with Crippen LogP contribution in [0.15, 0.2) is 12.2 Å². The average Bonchev–Trinajstić information content (AvgIpc) is 2.78. The fraction of sp³-hybridized carbons (Fsp3) is 0.857. The van der Waals surface area contributed by atoms with Crippen LogP contribution in [0.1, 0.15) is 143 Å². The summed E-state index contributed by atoms with van der Waals surface area (Å²) in [5.41, 5.74) is 0. The van der Waals surface area contributed by atoms with Crippen molar-refractivity contribution in [2.75, 3.05) is 6.61 Å². The Balaban J connectivity index is 3.52. The molecule has 32 heavy (non-hydrogen) atoms. The fourth-order valence-corrected chi connectivity index (χ4v) is 3.81. The van der Waals surface area contributed by atoms with E-state index in [0.717, 1.165) is 25.7 Å². The zero-order valence-electron chi connectivity index (χ0n) is 21.5. The van der Waals surface area contributed by atoms with Crippen LogP contribution >= 0.6 is 0 Å². The fourth-order valence-electron chi connectivity index (χ4n) is 3.81. The van der Waals surface area contributed by atoms with Gasteiger partial charge in [-0.1, -0.05) is 117 Å². The van der Waals surface area contributed by atoms with Gasteiger partial charge >= 0.3 is 11.9 Å². The monoisotopic (exact) mass is 452 g/mol. The second-order valence-corrected chi connectivity index (χ2v) is 9.19. The molecule has 4 nitrogen and oxygen atoms in total. The van der Waals surface area contributed by atoms with Gasteiger partial charge in [-0.15, -0.1) is 0 Å². The summed E-state index contributed by atoms with van der Waals surface area (Å²) in [4.78, 5) is 23.5. The van der Waals surface area contributed by atoms with Crippen LogP contribution in [-0.2, 0) is 19.1 Å². The molecule has 0 aromatic rings. The zero-order chi connectivity index (χ0) is 23.7. The normalized spacial score (nSPS) is 12.2. The molecule has 0 fully saturated rings. The first-order valence-corrected chi connectivity index (χ1v) is 13.7. The lowest BCUT2D eigenvalue weighted by Gasteiger charge is -2.11. The van der Waals surface area contributed by atoms with Gasteiger partial charge in [0.15, 0.2) is 0 Å². The Morgan fingerprint density at radius 1 is 0.594 bits per heavy atom. The molecule has 0 saturated heterocycles. The van der Waals surface area contributed by atoms with Gasteiger partial charge in [0, 0.05) is 12.2 Å². The van der Waals surface area contributed by atoms with Crippen LogP contribution in [0.5, 0.6) is 0 Å². The predicted octanol–water partition coefficient (Wildman–Crippen LogP) is 8.47. The Kier molecular flexibility index (Phi) is 23.3.